The molecular formula is C18H23N4O2S+. The van der Waals surface area contributed by atoms with E-state index in [2.05, 4.69) is 29.1 Å². The predicted octanol–water partition coefficient (Wildman–Crippen LogP) is 1.91. The number of hydrogen-bond donors (Lipinski definition) is 2. The summed E-state index contributed by atoms with van der Waals surface area (Å²) in [5.74, 6) is 1.81. The molecular weight excluding hydrogens is 336 g/mol. The maximum absolute atomic E-state index is 10.7. The molecule has 0 radical (unpaired) electrons. The lowest BCUT2D eigenvalue weighted by molar-refractivity contribution is -0.931. The third kappa shape index (κ3) is 2.98. The minimum Gasteiger partial charge on any atom is -0.497 e. The third-order valence-corrected chi connectivity index (χ3v) is 6.25. The minimum atomic E-state index is 0.0658. The Labute approximate surface area is 150 Å². The number of thiazole rings is 1. The molecule has 7 heteroatoms. The van der Waals surface area contributed by atoms with Crippen LogP contribution in [0.2, 0.25) is 0 Å². The molecule has 0 aliphatic carbocycles. The summed E-state index contributed by atoms with van der Waals surface area (Å²) < 4.78 is 6.95. The van der Waals surface area contributed by atoms with Crippen LogP contribution in [0.25, 0.3) is 4.96 Å². The summed E-state index contributed by atoms with van der Waals surface area (Å²) in [7, 11) is 1.68. The summed E-state index contributed by atoms with van der Waals surface area (Å²) in [5.41, 5.74) is 1.16. The van der Waals surface area contributed by atoms with Gasteiger partial charge in [0, 0.05) is 5.56 Å². The second kappa shape index (κ2) is 6.65. The Morgan fingerprint density at radius 3 is 2.88 bits per heavy atom. The standard InChI is InChI=1S/C18H22N4O2S/c1-12-6-8-21(9-7-12)15(13-4-3-5-14(10-13)24-2)16-17(23)22-18(25-16)19-11-20-22/h3-5,10-12,15,23H,6-9H2,1-2H3/p+1/t15-/m0/s1. The number of nitrogens with zero attached hydrogens (tertiary/aromatic N) is 3. The van der Waals surface area contributed by atoms with Gasteiger partial charge in [0.2, 0.25) is 10.8 Å². The van der Waals surface area contributed by atoms with E-state index < -0.39 is 0 Å². The Bertz CT molecular complexity index is 867. The summed E-state index contributed by atoms with van der Waals surface area (Å²) >= 11 is 1.52. The molecule has 0 bridgehead atoms. The van der Waals surface area contributed by atoms with Crippen LogP contribution in [0.1, 0.15) is 36.2 Å². The molecule has 1 aromatic carbocycles. The Morgan fingerprint density at radius 2 is 2.16 bits per heavy atom. The zero-order valence-corrected chi connectivity index (χ0v) is 15.3. The Morgan fingerprint density at radius 1 is 1.36 bits per heavy atom. The normalized spacial score (nSPS) is 22.2. The summed E-state index contributed by atoms with van der Waals surface area (Å²) in [6.45, 7) is 4.50. The summed E-state index contributed by atoms with van der Waals surface area (Å²) in [6.07, 6.45) is 3.89. The van der Waals surface area contributed by atoms with Gasteiger partial charge in [0.25, 0.3) is 0 Å². The molecule has 132 valence electrons. The van der Waals surface area contributed by atoms with Crippen molar-refractivity contribution in [2.45, 2.75) is 25.8 Å². The summed E-state index contributed by atoms with van der Waals surface area (Å²) in [5, 5.41) is 14.9. The molecule has 2 aromatic heterocycles. The summed E-state index contributed by atoms with van der Waals surface area (Å²) in [6, 6.07) is 8.23. The largest absolute Gasteiger partial charge is 0.497 e. The van der Waals surface area contributed by atoms with Gasteiger partial charge < -0.3 is 14.7 Å². The molecule has 1 atom stereocenters. The van der Waals surface area contributed by atoms with Crippen LogP contribution in [0.4, 0.5) is 0 Å². The average molecular weight is 359 g/mol. The molecule has 0 spiro atoms. The number of rotatable bonds is 4. The monoisotopic (exact) mass is 359 g/mol. The van der Waals surface area contributed by atoms with Gasteiger partial charge in [-0.2, -0.15) is 9.61 Å². The zero-order valence-electron chi connectivity index (χ0n) is 14.5. The van der Waals surface area contributed by atoms with Gasteiger partial charge in [-0.1, -0.05) is 30.4 Å². The van der Waals surface area contributed by atoms with E-state index in [0.29, 0.717) is 0 Å². The van der Waals surface area contributed by atoms with Crippen molar-refractivity contribution >= 4 is 16.3 Å². The van der Waals surface area contributed by atoms with Crippen LogP contribution in [0, 0.1) is 5.92 Å². The number of hydrogen-bond acceptors (Lipinski definition) is 5. The number of fused-ring (bicyclic) bond motifs is 1. The van der Waals surface area contributed by atoms with Crippen LogP contribution in [0.5, 0.6) is 11.6 Å². The van der Waals surface area contributed by atoms with Crippen LogP contribution in [0.3, 0.4) is 0 Å². The van der Waals surface area contributed by atoms with Crippen molar-refractivity contribution in [1.82, 2.24) is 14.6 Å². The number of aromatic nitrogens is 3. The Kier molecular flexibility index (Phi) is 4.35. The lowest BCUT2D eigenvalue weighted by Gasteiger charge is -2.33. The van der Waals surface area contributed by atoms with Crippen molar-refractivity contribution < 1.29 is 14.7 Å². The van der Waals surface area contributed by atoms with Crippen molar-refractivity contribution in [2.24, 2.45) is 5.92 Å². The third-order valence-electron chi connectivity index (χ3n) is 5.15. The van der Waals surface area contributed by atoms with Crippen molar-refractivity contribution in [3.63, 3.8) is 0 Å². The lowest BCUT2D eigenvalue weighted by atomic mass is 9.95. The highest BCUT2D eigenvalue weighted by molar-refractivity contribution is 7.17. The molecule has 3 aromatic rings. The molecule has 4 rings (SSSR count). The molecule has 1 aliphatic rings. The fourth-order valence-corrected chi connectivity index (χ4v) is 4.81. The number of aromatic hydroxyl groups is 1. The fraction of sp³-hybridized carbons (Fsp3) is 0.444. The van der Waals surface area contributed by atoms with Gasteiger partial charge in [0.15, 0.2) is 6.04 Å². The highest BCUT2D eigenvalue weighted by Gasteiger charge is 2.34. The van der Waals surface area contributed by atoms with Crippen molar-refractivity contribution in [2.75, 3.05) is 20.2 Å². The second-order valence-electron chi connectivity index (χ2n) is 6.79. The van der Waals surface area contributed by atoms with Crippen LogP contribution < -0.4 is 9.64 Å². The smallest absolute Gasteiger partial charge is 0.235 e. The van der Waals surface area contributed by atoms with E-state index in [0.717, 1.165) is 40.2 Å². The SMILES string of the molecule is COc1cccc([C@@H](c2sc3ncnn3c2O)[NH+]2CCC(C)CC2)c1. The molecule has 25 heavy (non-hydrogen) atoms. The lowest BCUT2D eigenvalue weighted by Crippen LogP contribution is -3.13. The highest BCUT2D eigenvalue weighted by Crippen LogP contribution is 2.35. The number of ether oxygens (including phenoxy) is 1. The first-order valence-corrected chi connectivity index (χ1v) is 9.49. The molecule has 3 heterocycles. The number of quaternary nitrogens is 1. The van der Waals surface area contributed by atoms with E-state index in [4.69, 9.17) is 4.74 Å². The number of benzene rings is 1. The van der Waals surface area contributed by atoms with E-state index in [1.807, 2.05) is 12.1 Å². The number of nitrogens with one attached hydrogen (secondary N) is 1. The average Bonchev–Trinajstić information content (AvgIpc) is 3.21. The highest BCUT2D eigenvalue weighted by atomic mass is 32.1. The summed E-state index contributed by atoms with van der Waals surface area (Å²) in [4.78, 5) is 7.37. The van der Waals surface area contributed by atoms with E-state index in [9.17, 15) is 5.11 Å². The van der Waals surface area contributed by atoms with Crippen LogP contribution in [0.15, 0.2) is 30.6 Å². The number of piperidine rings is 1. The topological polar surface area (TPSA) is 64.1 Å². The molecule has 1 fully saturated rings. The van der Waals surface area contributed by atoms with Gasteiger partial charge in [-0.15, -0.1) is 0 Å². The molecule has 0 unspecified atom stereocenters. The van der Waals surface area contributed by atoms with Crippen molar-refractivity contribution in [3.05, 3.63) is 41.0 Å². The van der Waals surface area contributed by atoms with E-state index >= 15 is 0 Å². The second-order valence-corrected chi connectivity index (χ2v) is 7.80. The van der Waals surface area contributed by atoms with Gasteiger partial charge in [0.05, 0.1) is 20.2 Å². The molecule has 6 nitrogen and oxygen atoms in total. The van der Waals surface area contributed by atoms with Crippen LogP contribution in [-0.2, 0) is 0 Å². The molecule has 0 amide bonds. The molecule has 1 aliphatic heterocycles. The predicted molar refractivity (Wildman–Crippen MR) is 96.5 cm³/mol. The van der Waals surface area contributed by atoms with E-state index in [1.54, 1.807) is 7.11 Å². The van der Waals surface area contributed by atoms with Gasteiger partial charge in [0.1, 0.15) is 17.0 Å². The molecule has 2 N–H and O–H groups in total. The van der Waals surface area contributed by atoms with Crippen molar-refractivity contribution in [3.8, 4) is 11.6 Å². The zero-order chi connectivity index (χ0) is 17.4. The number of likely N-dealkylation sites (tertiary alicyclic amines) is 1. The van der Waals surface area contributed by atoms with Gasteiger partial charge in [-0.25, -0.2) is 4.98 Å². The molecule has 0 saturated carbocycles. The van der Waals surface area contributed by atoms with Crippen LogP contribution in [-0.4, -0.2) is 39.9 Å². The number of methoxy groups -OCH3 is 1. The van der Waals surface area contributed by atoms with E-state index in [-0.39, 0.29) is 11.9 Å². The van der Waals surface area contributed by atoms with Crippen LogP contribution >= 0.6 is 11.3 Å². The maximum atomic E-state index is 10.7. The minimum absolute atomic E-state index is 0.0658. The fourth-order valence-electron chi connectivity index (χ4n) is 3.70. The first-order valence-electron chi connectivity index (χ1n) is 8.67. The maximum Gasteiger partial charge on any atom is 0.235 e. The molecule has 1 saturated heterocycles. The van der Waals surface area contributed by atoms with Crippen molar-refractivity contribution in [1.29, 1.82) is 0 Å². The quantitative estimate of drug-likeness (QED) is 0.747. The van der Waals surface area contributed by atoms with E-state index in [1.165, 1.54) is 39.9 Å². The van der Waals surface area contributed by atoms with Gasteiger partial charge in [-0.05, 0) is 30.9 Å². The first kappa shape index (κ1) is 16.4. The Balaban J connectivity index is 1.80. The first-order chi connectivity index (χ1) is 12.2. The van der Waals surface area contributed by atoms with Gasteiger partial charge in [-0.3, -0.25) is 0 Å². The van der Waals surface area contributed by atoms with Gasteiger partial charge >= 0.3 is 0 Å². The Hall–Kier alpha value is -2.12.